The predicted octanol–water partition coefficient (Wildman–Crippen LogP) is 3.88. The number of aromatic nitrogens is 2. The van der Waals surface area contributed by atoms with Crippen molar-refractivity contribution in [3.63, 3.8) is 0 Å². The average molecular weight is 873 g/mol. The smallest absolute Gasteiger partial charge is 0.330 e. The zero-order valence-corrected chi connectivity index (χ0v) is 36.9. The maximum atomic E-state index is 13.4. The lowest BCUT2D eigenvalue weighted by Gasteiger charge is -2.23. The quantitative estimate of drug-likeness (QED) is 0.0748. The molecule has 4 amide bonds. The molecule has 7 atom stereocenters. The van der Waals surface area contributed by atoms with Gasteiger partial charge in [0.15, 0.2) is 0 Å². The van der Waals surface area contributed by atoms with E-state index in [4.69, 9.17) is 14.0 Å². The normalized spacial score (nSPS) is 23.8. The summed E-state index contributed by atoms with van der Waals surface area (Å²) in [6.07, 6.45) is 8.46. The second-order valence-corrected chi connectivity index (χ2v) is 19.9. The van der Waals surface area contributed by atoms with Crippen LogP contribution < -0.4 is 26.8 Å². The van der Waals surface area contributed by atoms with Crippen molar-refractivity contribution in [1.29, 1.82) is 0 Å². The van der Waals surface area contributed by atoms with E-state index >= 15 is 0 Å². The van der Waals surface area contributed by atoms with E-state index in [2.05, 4.69) is 36.4 Å². The van der Waals surface area contributed by atoms with E-state index in [0.717, 1.165) is 67.5 Å². The van der Waals surface area contributed by atoms with E-state index in [-0.39, 0.29) is 53.7 Å². The molecule has 0 spiro atoms. The van der Waals surface area contributed by atoms with E-state index in [9.17, 15) is 38.2 Å². The SMILES string of the molecule is CO[C@@H]1C[C@H](n2cc(/C=C/C(=O)NCCCCCCNC(=O)CCCCC3SCC4C3CC(=O)N4C(=O)c3ccc(C(C)(C)C)cc3)c(=O)[nH]c2=O)O[C@@H]1COP(C)(=O)[O-]. The molecule has 0 radical (unpaired) electrons. The van der Waals surface area contributed by atoms with Gasteiger partial charge in [-0.25, -0.2) is 4.79 Å². The largest absolute Gasteiger partial charge is 0.779 e. The summed E-state index contributed by atoms with van der Waals surface area (Å²) in [6, 6.07) is 7.52. The molecule has 1 aromatic heterocycles. The third-order valence-corrected chi connectivity index (χ3v) is 13.4. The number of hydrogen-bond donors (Lipinski definition) is 3. The zero-order valence-electron chi connectivity index (χ0n) is 35.1. The highest BCUT2D eigenvalue weighted by Gasteiger charge is 2.50. The Balaban J connectivity index is 0.920. The standard InChI is InChI=1S/C42H60N5O11PS/c1-42(2,3)29-17-14-27(15-18-29)40(52)47-31-26-60-34(30(31)22-37(47)50)12-8-9-13-35(48)43-20-10-6-7-11-21-44-36(49)19-16-28-24-46(41(53)45-39(28)51)38-23-32(56-4)33(58-38)25-57-59(5,54)55/h14-19,24,30-34,38H,6-13,20-23,25-26H2,1-5H3,(H,43,48)(H,44,49)(H,54,55)(H,45,51,53)/p-1/b19-16+/t30?,31?,32-,33-,34?,38-/m1/s1. The molecule has 5 rings (SSSR count). The molecule has 3 N–H and O–H groups in total. The molecule has 330 valence electrons. The summed E-state index contributed by atoms with van der Waals surface area (Å²) in [6.45, 7) is 8.02. The number of H-pyrrole nitrogens is 1. The number of benzene rings is 1. The highest BCUT2D eigenvalue weighted by atomic mass is 32.2. The Labute approximate surface area is 355 Å². The van der Waals surface area contributed by atoms with Crippen LogP contribution in [0.15, 0.2) is 46.1 Å². The van der Waals surface area contributed by atoms with Gasteiger partial charge < -0.3 is 34.1 Å². The lowest BCUT2D eigenvalue weighted by molar-refractivity contribution is -0.200. The van der Waals surface area contributed by atoms with Gasteiger partial charge in [0.1, 0.15) is 19.9 Å². The van der Waals surface area contributed by atoms with Gasteiger partial charge in [-0.2, -0.15) is 11.8 Å². The van der Waals surface area contributed by atoms with Crippen LogP contribution in [0.25, 0.3) is 6.08 Å². The van der Waals surface area contributed by atoms with Crippen LogP contribution in [0.2, 0.25) is 0 Å². The fraction of sp³-hybridized carbons (Fsp3) is 0.619. The molecule has 1 aromatic carbocycles. The molecule has 18 heteroatoms. The van der Waals surface area contributed by atoms with Gasteiger partial charge in [0.05, 0.1) is 24.3 Å². The van der Waals surface area contributed by atoms with Gasteiger partial charge in [0.2, 0.25) is 17.7 Å². The van der Waals surface area contributed by atoms with Crippen molar-refractivity contribution in [2.45, 2.75) is 120 Å². The summed E-state index contributed by atoms with van der Waals surface area (Å²) < 4.78 is 28.7. The topological polar surface area (TPSA) is 218 Å². The van der Waals surface area contributed by atoms with Gasteiger partial charge >= 0.3 is 5.69 Å². The first kappa shape index (κ1) is 47.2. The van der Waals surface area contributed by atoms with Crippen LogP contribution in [-0.4, -0.2) is 101 Å². The van der Waals surface area contributed by atoms with Crippen LogP contribution in [0.4, 0.5) is 0 Å². The van der Waals surface area contributed by atoms with Crippen LogP contribution in [0.3, 0.4) is 0 Å². The summed E-state index contributed by atoms with van der Waals surface area (Å²) in [5.74, 6) is 0.214. The summed E-state index contributed by atoms with van der Waals surface area (Å²) in [5.41, 5.74) is 0.302. The highest BCUT2D eigenvalue weighted by Crippen LogP contribution is 2.45. The Kier molecular flexibility index (Phi) is 16.7. The van der Waals surface area contributed by atoms with Gasteiger partial charge in [-0.3, -0.25) is 38.4 Å². The number of carbonyl (C=O) groups excluding carboxylic acids is 4. The number of fused-ring (bicyclic) bond motifs is 1. The Morgan fingerprint density at radius 2 is 1.73 bits per heavy atom. The monoisotopic (exact) mass is 872 g/mol. The average Bonchev–Trinajstić information content (AvgIpc) is 3.88. The third kappa shape index (κ3) is 13.1. The molecule has 16 nitrogen and oxygen atoms in total. The first-order valence-electron chi connectivity index (χ1n) is 20.7. The molecular weight excluding hydrogens is 814 g/mol. The van der Waals surface area contributed by atoms with Gasteiger partial charge in [-0.15, -0.1) is 0 Å². The highest BCUT2D eigenvalue weighted by molar-refractivity contribution is 8.00. The Bertz CT molecular complexity index is 2020. The molecule has 2 aromatic rings. The van der Waals surface area contributed by atoms with Gasteiger partial charge in [0.25, 0.3) is 11.5 Å². The van der Waals surface area contributed by atoms with E-state index in [1.807, 2.05) is 36.0 Å². The number of carbonyl (C=O) groups is 4. The molecule has 4 heterocycles. The molecule has 0 bridgehead atoms. The molecule has 0 saturated carbocycles. The maximum absolute atomic E-state index is 13.4. The fourth-order valence-electron chi connectivity index (χ4n) is 7.85. The number of imide groups is 1. The summed E-state index contributed by atoms with van der Waals surface area (Å²) in [5, 5.41) is 6.06. The van der Waals surface area contributed by atoms with E-state index < -0.39 is 43.2 Å². The fourth-order valence-corrected chi connectivity index (χ4v) is 9.96. The van der Waals surface area contributed by atoms with Crippen molar-refractivity contribution in [3.05, 3.63) is 74.1 Å². The van der Waals surface area contributed by atoms with Crippen molar-refractivity contribution in [2.24, 2.45) is 5.92 Å². The Morgan fingerprint density at radius 3 is 2.40 bits per heavy atom. The summed E-state index contributed by atoms with van der Waals surface area (Å²) in [4.78, 5) is 91.4. The van der Waals surface area contributed by atoms with Crippen LogP contribution in [0.5, 0.6) is 0 Å². The first-order valence-corrected chi connectivity index (χ1v) is 23.8. The van der Waals surface area contributed by atoms with Gasteiger partial charge in [-0.1, -0.05) is 52.2 Å². The van der Waals surface area contributed by atoms with E-state index in [0.29, 0.717) is 36.7 Å². The van der Waals surface area contributed by atoms with Crippen molar-refractivity contribution < 1.29 is 42.6 Å². The molecule has 4 unspecified atom stereocenters. The maximum Gasteiger partial charge on any atom is 0.330 e. The molecule has 60 heavy (non-hydrogen) atoms. The Morgan fingerprint density at radius 1 is 1.03 bits per heavy atom. The van der Waals surface area contributed by atoms with Gasteiger partial charge in [-0.05, 0) is 54.9 Å². The molecule has 3 saturated heterocycles. The number of nitrogens with one attached hydrogen (secondary N) is 3. The molecule has 0 aliphatic carbocycles. The summed E-state index contributed by atoms with van der Waals surface area (Å²) in [7, 11) is -2.58. The van der Waals surface area contributed by atoms with E-state index in [1.165, 1.54) is 30.4 Å². The van der Waals surface area contributed by atoms with Crippen molar-refractivity contribution >= 4 is 49.1 Å². The number of methoxy groups -OCH3 is 1. The molecule has 3 aliphatic heterocycles. The number of unbranched alkanes of at least 4 members (excludes halogenated alkanes) is 4. The van der Waals surface area contributed by atoms with Crippen molar-refractivity contribution in [3.8, 4) is 0 Å². The number of amides is 4. The predicted molar refractivity (Wildman–Crippen MR) is 227 cm³/mol. The lowest BCUT2D eigenvalue weighted by atomic mass is 9.86. The number of rotatable bonds is 20. The third-order valence-electron chi connectivity index (χ3n) is 11.2. The zero-order chi connectivity index (χ0) is 43.6. The number of nitrogens with zero attached hydrogens (tertiary/aromatic N) is 2. The van der Waals surface area contributed by atoms with Crippen LogP contribution in [-0.2, 0) is 38.4 Å². The van der Waals surface area contributed by atoms with Crippen molar-refractivity contribution in [1.82, 2.24) is 25.1 Å². The Hall–Kier alpha value is -3.86. The number of hydrogen-bond acceptors (Lipinski definition) is 12. The van der Waals surface area contributed by atoms with E-state index in [1.54, 1.807) is 0 Å². The first-order chi connectivity index (χ1) is 28.4. The van der Waals surface area contributed by atoms with Crippen molar-refractivity contribution in [2.75, 3.05) is 39.2 Å². The minimum Gasteiger partial charge on any atom is -0.779 e. The molecule has 3 fully saturated rings. The number of likely N-dealkylation sites (tertiary alicyclic amines) is 1. The van der Waals surface area contributed by atoms with Crippen LogP contribution in [0, 0.1) is 5.92 Å². The number of thioether (sulfide) groups is 1. The van der Waals surface area contributed by atoms with Gasteiger partial charge in [0, 0.05) is 80.9 Å². The number of aromatic amines is 1. The minimum atomic E-state index is -4.01. The molecule has 3 aliphatic rings. The second kappa shape index (κ2) is 21.3. The minimum absolute atomic E-state index is 0.0177. The van der Waals surface area contributed by atoms with Crippen LogP contribution >= 0.6 is 19.4 Å². The number of ether oxygens (including phenoxy) is 2. The lowest BCUT2D eigenvalue weighted by Crippen LogP contribution is -2.40. The summed E-state index contributed by atoms with van der Waals surface area (Å²) >= 11 is 1.83. The molecular formula is C42H59N5O11PS-. The van der Waals surface area contributed by atoms with Crippen LogP contribution in [0.1, 0.15) is 113 Å². The second-order valence-electron chi connectivity index (χ2n) is 16.8.